The third-order valence-corrected chi connectivity index (χ3v) is 3.59. The summed E-state index contributed by atoms with van der Waals surface area (Å²) in [6.07, 6.45) is -1.61. The largest absolute Gasteiger partial charge is 0.497 e. The molecule has 0 aliphatic heterocycles. The lowest BCUT2D eigenvalue weighted by Gasteiger charge is -2.10. The standard InChI is InChI=1S/C17H14O5/c1-21-11-7-5-10(6-8-11)9-22-13-4-2-3-12-14(13)16(19)17(20)15(12)18/h2-8,17,20H,9H2,1H3. The molecule has 5 heteroatoms. The molecule has 1 unspecified atom stereocenters. The van der Waals surface area contributed by atoms with E-state index in [1.54, 1.807) is 19.2 Å². The maximum Gasteiger partial charge on any atom is 0.203 e. The van der Waals surface area contributed by atoms with Gasteiger partial charge in [-0.1, -0.05) is 24.3 Å². The molecule has 0 fully saturated rings. The van der Waals surface area contributed by atoms with E-state index in [1.807, 2.05) is 24.3 Å². The number of aliphatic hydroxyl groups excluding tert-OH is 1. The van der Waals surface area contributed by atoms with E-state index in [0.717, 1.165) is 11.3 Å². The summed E-state index contributed by atoms with van der Waals surface area (Å²) in [6, 6.07) is 12.1. The summed E-state index contributed by atoms with van der Waals surface area (Å²) >= 11 is 0. The number of methoxy groups -OCH3 is 1. The van der Waals surface area contributed by atoms with Gasteiger partial charge in [-0.2, -0.15) is 0 Å². The van der Waals surface area contributed by atoms with E-state index in [9.17, 15) is 14.7 Å². The number of carbonyl (C=O) groups excluding carboxylic acids is 2. The van der Waals surface area contributed by atoms with Crippen LogP contribution < -0.4 is 9.47 Å². The maximum atomic E-state index is 12.0. The number of hydrogen-bond acceptors (Lipinski definition) is 5. The Morgan fingerprint density at radius 2 is 1.77 bits per heavy atom. The molecule has 0 amide bonds. The third kappa shape index (κ3) is 2.35. The van der Waals surface area contributed by atoms with Gasteiger partial charge in [0.2, 0.25) is 5.78 Å². The maximum absolute atomic E-state index is 12.0. The van der Waals surface area contributed by atoms with Crippen LogP contribution in [0.2, 0.25) is 0 Å². The van der Waals surface area contributed by atoms with Gasteiger partial charge in [0.25, 0.3) is 0 Å². The minimum Gasteiger partial charge on any atom is -0.497 e. The van der Waals surface area contributed by atoms with Crippen LogP contribution in [0.4, 0.5) is 0 Å². The smallest absolute Gasteiger partial charge is 0.203 e. The number of Topliss-reactive ketones (excluding diaryl/α,β-unsaturated/α-hetero) is 2. The molecule has 1 N–H and O–H groups in total. The van der Waals surface area contributed by atoms with Crippen LogP contribution in [0.3, 0.4) is 0 Å². The molecular formula is C17H14O5. The average Bonchev–Trinajstić information content (AvgIpc) is 2.78. The molecule has 0 aromatic heterocycles. The highest BCUT2D eigenvalue weighted by molar-refractivity contribution is 6.29. The summed E-state index contributed by atoms with van der Waals surface area (Å²) in [6.45, 7) is 0.248. The van der Waals surface area contributed by atoms with Crippen LogP contribution in [0.1, 0.15) is 26.3 Å². The number of benzene rings is 2. The van der Waals surface area contributed by atoms with E-state index < -0.39 is 17.7 Å². The second kappa shape index (κ2) is 5.61. The summed E-state index contributed by atoms with van der Waals surface area (Å²) in [5, 5.41) is 9.59. The van der Waals surface area contributed by atoms with Gasteiger partial charge in [0, 0.05) is 5.56 Å². The van der Waals surface area contributed by atoms with Gasteiger partial charge in [-0.15, -0.1) is 0 Å². The van der Waals surface area contributed by atoms with E-state index in [1.165, 1.54) is 6.07 Å². The highest BCUT2D eigenvalue weighted by Gasteiger charge is 2.39. The van der Waals surface area contributed by atoms with Crippen molar-refractivity contribution >= 4 is 11.6 Å². The second-order valence-corrected chi connectivity index (χ2v) is 4.95. The average molecular weight is 298 g/mol. The summed E-state index contributed by atoms with van der Waals surface area (Å²) in [5.74, 6) is -0.128. The molecule has 1 aliphatic carbocycles. The van der Waals surface area contributed by atoms with Crippen LogP contribution >= 0.6 is 0 Å². The normalized spacial score (nSPS) is 16.5. The lowest BCUT2D eigenvalue weighted by atomic mass is 10.1. The highest BCUT2D eigenvalue weighted by atomic mass is 16.5. The highest BCUT2D eigenvalue weighted by Crippen LogP contribution is 2.31. The number of ether oxygens (including phenoxy) is 2. The fourth-order valence-electron chi connectivity index (χ4n) is 2.40. The first-order valence-electron chi connectivity index (χ1n) is 6.77. The molecule has 0 heterocycles. The number of hydrogen-bond donors (Lipinski definition) is 1. The fraction of sp³-hybridized carbons (Fsp3) is 0.176. The van der Waals surface area contributed by atoms with E-state index in [0.29, 0.717) is 5.75 Å². The summed E-state index contributed by atoms with van der Waals surface area (Å²) < 4.78 is 10.7. The quantitative estimate of drug-likeness (QED) is 0.874. The molecule has 5 nitrogen and oxygen atoms in total. The van der Waals surface area contributed by atoms with Crippen molar-refractivity contribution in [3.05, 3.63) is 59.2 Å². The molecule has 2 aromatic rings. The predicted molar refractivity (Wildman–Crippen MR) is 78.4 cm³/mol. The molecule has 3 rings (SSSR count). The molecule has 22 heavy (non-hydrogen) atoms. The lowest BCUT2D eigenvalue weighted by molar-refractivity contribution is 0.0662. The molecule has 1 aliphatic rings. The van der Waals surface area contributed by atoms with Crippen LogP contribution in [-0.4, -0.2) is 29.9 Å². The van der Waals surface area contributed by atoms with Gasteiger partial charge in [0.15, 0.2) is 11.9 Å². The Bertz CT molecular complexity index is 733. The van der Waals surface area contributed by atoms with E-state index in [-0.39, 0.29) is 17.7 Å². The lowest BCUT2D eigenvalue weighted by Crippen LogP contribution is -2.20. The van der Waals surface area contributed by atoms with Crippen molar-refractivity contribution in [3.8, 4) is 11.5 Å². The number of carbonyl (C=O) groups is 2. The van der Waals surface area contributed by atoms with E-state index >= 15 is 0 Å². The van der Waals surface area contributed by atoms with E-state index in [2.05, 4.69) is 0 Å². The zero-order valence-electron chi connectivity index (χ0n) is 11.9. The second-order valence-electron chi connectivity index (χ2n) is 4.95. The molecule has 0 saturated carbocycles. The third-order valence-electron chi connectivity index (χ3n) is 3.59. The van der Waals surface area contributed by atoms with Gasteiger partial charge in [-0.3, -0.25) is 9.59 Å². The first kappa shape index (κ1) is 14.3. The zero-order valence-corrected chi connectivity index (χ0v) is 11.9. The SMILES string of the molecule is COc1ccc(COc2cccc3c2C(=O)C(O)C3=O)cc1. The Morgan fingerprint density at radius 1 is 1.05 bits per heavy atom. The summed E-state index contributed by atoms with van der Waals surface area (Å²) in [4.78, 5) is 23.7. The van der Waals surface area contributed by atoms with Crippen LogP contribution in [0.25, 0.3) is 0 Å². The summed E-state index contributed by atoms with van der Waals surface area (Å²) in [5.41, 5.74) is 1.27. The first-order chi connectivity index (χ1) is 10.6. The number of aliphatic hydroxyl groups is 1. The van der Waals surface area contributed by atoms with Crippen molar-refractivity contribution < 1.29 is 24.2 Å². The summed E-state index contributed by atoms with van der Waals surface area (Å²) in [7, 11) is 1.59. The molecular weight excluding hydrogens is 284 g/mol. The fourth-order valence-corrected chi connectivity index (χ4v) is 2.40. The topological polar surface area (TPSA) is 72.8 Å². The van der Waals surface area contributed by atoms with Gasteiger partial charge in [-0.25, -0.2) is 0 Å². The van der Waals surface area contributed by atoms with Gasteiger partial charge in [0.05, 0.1) is 12.7 Å². The van der Waals surface area contributed by atoms with Crippen molar-refractivity contribution in [1.82, 2.24) is 0 Å². The van der Waals surface area contributed by atoms with Crippen LogP contribution in [0.15, 0.2) is 42.5 Å². The van der Waals surface area contributed by atoms with E-state index in [4.69, 9.17) is 9.47 Å². The minimum atomic E-state index is -1.61. The number of fused-ring (bicyclic) bond motifs is 1. The Morgan fingerprint density at radius 3 is 2.45 bits per heavy atom. The monoisotopic (exact) mass is 298 g/mol. The van der Waals surface area contributed by atoms with Crippen molar-refractivity contribution in [2.24, 2.45) is 0 Å². The molecule has 1 atom stereocenters. The van der Waals surface area contributed by atoms with Crippen molar-refractivity contribution in [3.63, 3.8) is 0 Å². The molecule has 2 aromatic carbocycles. The van der Waals surface area contributed by atoms with Crippen LogP contribution in [0, 0.1) is 0 Å². The van der Waals surface area contributed by atoms with Gasteiger partial charge < -0.3 is 14.6 Å². The molecule has 112 valence electrons. The molecule has 0 saturated heterocycles. The molecule has 0 radical (unpaired) electrons. The zero-order chi connectivity index (χ0) is 15.7. The van der Waals surface area contributed by atoms with Crippen molar-refractivity contribution in [2.75, 3.05) is 7.11 Å². The Balaban J connectivity index is 1.82. The number of ketones is 2. The molecule has 0 bridgehead atoms. The van der Waals surface area contributed by atoms with Gasteiger partial charge >= 0.3 is 0 Å². The van der Waals surface area contributed by atoms with Crippen LogP contribution in [-0.2, 0) is 6.61 Å². The van der Waals surface area contributed by atoms with Gasteiger partial charge in [0.1, 0.15) is 18.1 Å². The first-order valence-corrected chi connectivity index (χ1v) is 6.77. The predicted octanol–water partition coefficient (Wildman–Crippen LogP) is 2.01. The Labute approximate surface area is 127 Å². The minimum absolute atomic E-state index is 0.161. The number of rotatable bonds is 4. The molecule has 0 spiro atoms. The Hall–Kier alpha value is -2.66. The van der Waals surface area contributed by atoms with Crippen LogP contribution in [0.5, 0.6) is 11.5 Å². The Kier molecular flexibility index (Phi) is 3.65. The van der Waals surface area contributed by atoms with Crippen molar-refractivity contribution in [1.29, 1.82) is 0 Å². The van der Waals surface area contributed by atoms with Gasteiger partial charge in [-0.05, 0) is 23.8 Å². The van der Waals surface area contributed by atoms with Crippen molar-refractivity contribution in [2.45, 2.75) is 12.7 Å².